The topological polar surface area (TPSA) is 65.8 Å². The molecule has 2 aliphatic rings. The number of fused-ring (bicyclic) bond motifs is 3. The first-order valence-electron chi connectivity index (χ1n) is 8.97. The maximum Gasteiger partial charge on any atom is 0.352 e. The van der Waals surface area contributed by atoms with E-state index in [4.69, 9.17) is 14.2 Å². The molecule has 1 aromatic heterocycles. The molecule has 4 rings (SSSR count). The maximum atomic E-state index is 13.4. The van der Waals surface area contributed by atoms with Gasteiger partial charge < -0.3 is 19.1 Å². The van der Waals surface area contributed by atoms with Gasteiger partial charge in [0.15, 0.2) is 17.5 Å². The molecule has 9 heteroatoms. The largest absolute Gasteiger partial charge is 0.489 e. The third-order valence-corrected chi connectivity index (χ3v) is 5.17. The number of halogens is 2. The van der Waals surface area contributed by atoms with Crippen molar-refractivity contribution in [3.05, 3.63) is 45.9 Å². The minimum absolute atomic E-state index is 0.000780. The Morgan fingerprint density at radius 2 is 2.14 bits per heavy atom. The second-order valence-electron chi connectivity index (χ2n) is 7.41. The first-order valence-corrected chi connectivity index (χ1v) is 8.97. The summed E-state index contributed by atoms with van der Waals surface area (Å²) in [6, 6.07) is 3.48. The van der Waals surface area contributed by atoms with E-state index >= 15 is 0 Å². The fourth-order valence-corrected chi connectivity index (χ4v) is 3.72. The van der Waals surface area contributed by atoms with Crippen molar-refractivity contribution < 1.29 is 23.0 Å². The third kappa shape index (κ3) is 2.99. The Bertz CT molecular complexity index is 980. The summed E-state index contributed by atoms with van der Waals surface area (Å²) in [7, 11) is 1.48. The molecule has 0 saturated carbocycles. The molecule has 1 saturated heterocycles. The van der Waals surface area contributed by atoms with Gasteiger partial charge in [-0.05, 0) is 31.5 Å². The van der Waals surface area contributed by atoms with Gasteiger partial charge in [0.25, 0.3) is 5.88 Å². The summed E-state index contributed by atoms with van der Waals surface area (Å²) < 4.78 is 45.1. The Kier molecular flexibility index (Phi) is 4.49. The highest BCUT2D eigenvalue weighted by molar-refractivity contribution is 5.62. The highest BCUT2D eigenvalue weighted by Crippen LogP contribution is 2.44. The van der Waals surface area contributed by atoms with Crippen LogP contribution in [0.4, 0.5) is 14.6 Å². The van der Waals surface area contributed by atoms with Crippen LogP contribution >= 0.6 is 0 Å². The van der Waals surface area contributed by atoms with Crippen molar-refractivity contribution in [1.82, 2.24) is 9.55 Å². The molecule has 0 amide bonds. The van der Waals surface area contributed by atoms with Gasteiger partial charge in [-0.2, -0.15) is 4.98 Å². The summed E-state index contributed by atoms with van der Waals surface area (Å²) in [6.07, 6.45) is -0.000780. The minimum atomic E-state index is -0.965. The van der Waals surface area contributed by atoms with E-state index in [0.717, 1.165) is 12.1 Å². The number of rotatable bonds is 4. The first kappa shape index (κ1) is 18.7. The van der Waals surface area contributed by atoms with E-state index in [9.17, 15) is 13.6 Å². The smallest absolute Gasteiger partial charge is 0.352 e. The Hall–Kier alpha value is -2.68. The number of ether oxygens (including phenoxy) is 3. The number of hydrogen-bond donors (Lipinski definition) is 0. The van der Waals surface area contributed by atoms with Crippen molar-refractivity contribution in [3.8, 4) is 11.6 Å². The van der Waals surface area contributed by atoms with Gasteiger partial charge in [0.05, 0.1) is 31.9 Å². The zero-order chi connectivity index (χ0) is 20.1. The molecule has 0 N–H and O–H groups in total. The molecule has 0 bridgehead atoms. The molecule has 2 atom stereocenters. The lowest BCUT2D eigenvalue weighted by Gasteiger charge is -2.42. The number of nitrogens with zero attached hydrogens (tertiary/aromatic N) is 3. The van der Waals surface area contributed by atoms with Crippen molar-refractivity contribution >= 4 is 5.82 Å². The van der Waals surface area contributed by atoms with Crippen LogP contribution in [0, 0.1) is 11.6 Å². The monoisotopic (exact) mass is 393 g/mol. The number of benzene rings is 1. The van der Waals surface area contributed by atoms with Crippen LogP contribution in [-0.4, -0.2) is 41.5 Å². The third-order valence-electron chi connectivity index (χ3n) is 5.17. The molecule has 2 aliphatic heterocycles. The normalized spacial score (nSPS) is 23.3. The van der Waals surface area contributed by atoms with Gasteiger partial charge in [-0.3, -0.25) is 4.57 Å². The van der Waals surface area contributed by atoms with Gasteiger partial charge >= 0.3 is 5.69 Å². The van der Waals surface area contributed by atoms with Crippen LogP contribution in [0.15, 0.2) is 23.0 Å². The molecule has 0 spiro atoms. The molecule has 7 nitrogen and oxygen atoms in total. The van der Waals surface area contributed by atoms with Gasteiger partial charge in [0, 0.05) is 6.54 Å². The molecule has 150 valence electrons. The van der Waals surface area contributed by atoms with Crippen LogP contribution in [-0.2, 0) is 17.9 Å². The highest BCUT2D eigenvalue weighted by atomic mass is 19.2. The lowest BCUT2D eigenvalue weighted by molar-refractivity contribution is 0.00300. The van der Waals surface area contributed by atoms with Crippen LogP contribution in [0.25, 0.3) is 0 Å². The summed E-state index contributed by atoms with van der Waals surface area (Å²) in [5.41, 5.74) is -0.431. The lowest BCUT2D eigenvalue weighted by Crippen LogP contribution is -2.56. The second-order valence-corrected chi connectivity index (χ2v) is 7.41. The van der Waals surface area contributed by atoms with Crippen LogP contribution in [0.2, 0.25) is 0 Å². The molecule has 1 fully saturated rings. The van der Waals surface area contributed by atoms with Crippen molar-refractivity contribution in [1.29, 1.82) is 0 Å². The van der Waals surface area contributed by atoms with Gasteiger partial charge in [0.1, 0.15) is 6.61 Å². The molecule has 0 aliphatic carbocycles. The van der Waals surface area contributed by atoms with Crippen LogP contribution in [0.3, 0.4) is 0 Å². The summed E-state index contributed by atoms with van der Waals surface area (Å²) >= 11 is 0. The summed E-state index contributed by atoms with van der Waals surface area (Å²) in [6.45, 7) is 5.41. The maximum absolute atomic E-state index is 13.4. The molecule has 2 aromatic rings. The van der Waals surface area contributed by atoms with E-state index in [1.54, 1.807) is 4.57 Å². The number of hydrogen-bond acceptors (Lipinski definition) is 6. The second kappa shape index (κ2) is 6.73. The van der Waals surface area contributed by atoms with E-state index < -0.39 is 17.3 Å². The zero-order valence-corrected chi connectivity index (χ0v) is 15.9. The van der Waals surface area contributed by atoms with Crippen molar-refractivity contribution in [2.24, 2.45) is 0 Å². The van der Waals surface area contributed by atoms with E-state index in [1.807, 2.05) is 13.8 Å². The van der Waals surface area contributed by atoms with Gasteiger partial charge in [-0.15, -0.1) is 0 Å². The van der Waals surface area contributed by atoms with Gasteiger partial charge in [-0.25, -0.2) is 13.6 Å². The predicted molar refractivity (Wildman–Crippen MR) is 96.9 cm³/mol. The lowest BCUT2D eigenvalue weighted by atomic mass is 10.0. The first-order chi connectivity index (χ1) is 13.3. The Morgan fingerprint density at radius 3 is 2.86 bits per heavy atom. The van der Waals surface area contributed by atoms with E-state index in [2.05, 4.69) is 9.88 Å². The number of aromatic nitrogens is 2. The number of morpholine rings is 1. The fraction of sp³-hybridized carbons (Fsp3) is 0.474. The number of anilines is 1. The Morgan fingerprint density at radius 1 is 1.36 bits per heavy atom. The zero-order valence-electron chi connectivity index (χ0n) is 15.9. The van der Waals surface area contributed by atoms with E-state index in [1.165, 1.54) is 13.2 Å². The van der Waals surface area contributed by atoms with E-state index in [0.29, 0.717) is 36.8 Å². The number of methoxy groups -OCH3 is 1. The van der Waals surface area contributed by atoms with Crippen LogP contribution < -0.4 is 20.1 Å². The Balaban J connectivity index is 1.70. The van der Waals surface area contributed by atoms with Crippen LogP contribution in [0.5, 0.6) is 11.6 Å². The Labute approximate surface area is 160 Å². The van der Waals surface area contributed by atoms with Gasteiger partial charge in [-0.1, -0.05) is 6.07 Å². The molecule has 3 heterocycles. The van der Waals surface area contributed by atoms with Crippen molar-refractivity contribution in [2.45, 2.75) is 38.6 Å². The molecule has 1 aromatic carbocycles. The van der Waals surface area contributed by atoms with Gasteiger partial charge in [0.2, 0.25) is 5.75 Å². The summed E-state index contributed by atoms with van der Waals surface area (Å²) in [5, 5.41) is 0. The van der Waals surface area contributed by atoms with Crippen molar-refractivity contribution in [3.63, 3.8) is 0 Å². The average Bonchev–Trinajstić information content (AvgIpc) is 2.97. The molecular weight excluding hydrogens is 372 g/mol. The quantitative estimate of drug-likeness (QED) is 0.793. The van der Waals surface area contributed by atoms with Crippen LogP contribution in [0.1, 0.15) is 19.4 Å². The molecule has 0 radical (unpaired) electrons. The van der Waals surface area contributed by atoms with Crippen molar-refractivity contribution in [2.75, 3.05) is 25.2 Å². The standard InChI is InChI=1S/C19H21F2N3O4/c1-11-7-24-17-15(26-3)16(27-8-12-4-5-13(20)14(21)6-12)22-18(25)23(17)9-19(24,2)10-28-11/h4-6,11H,7-10H2,1-3H3/t11-,19+/m0/s1. The molecule has 28 heavy (non-hydrogen) atoms. The minimum Gasteiger partial charge on any atom is -0.489 e. The average molecular weight is 393 g/mol. The fourth-order valence-electron chi connectivity index (χ4n) is 3.72. The highest BCUT2D eigenvalue weighted by Gasteiger charge is 2.47. The molecule has 0 unspecified atom stereocenters. The molecular formula is C19H21F2N3O4. The SMILES string of the molecule is COc1c(OCc2ccc(F)c(F)c2)nc(=O)n2c1N1C[C@H](C)OC[C@@]1(C)C2. The summed E-state index contributed by atoms with van der Waals surface area (Å²) in [5.74, 6) is -0.948. The summed E-state index contributed by atoms with van der Waals surface area (Å²) in [4.78, 5) is 18.7. The predicted octanol–water partition coefficient (Wildman–Crippen LogP) is 2.11. The van der Waals surface area contributed by atoms with E-state index in [-0.39, 0.29) is 24.1 Å².